The Labute approximate surface area is 186 Å². The van der Waals surface area contributed by atoms with Crippen molar-refractivity contribution in [2.24, 2.45) is 0 Å². The number of hydrogen-bond acceptors (Lipinski definition) is 5. The molecule has 2 heterocycles. The van der Waals surface area contributed by atoms with Gasteiger partial charge in [-0.05, 0) is 49.4 Å². The Hall–Kier alpha value is -3.40. The van der Waals surface area contributed by atoms with E-state index in [4.69, 9.17) is 0 Å². The molecule has 32 heavy (non-hydrogen) atoms. The summed E-state index contributed by atoms with van der Waals surface area (Å²) in [7, 11) is -3.32. The average molecular weight is 458 g/mol. The molecule has 1 aliphatic rings. The molecule has 0 radical (unpaired) electrons. The third-order valence-corrected chi connectivity index (χ3v) is 5.84. The fourth-order valence-electron chi connectivity index (χ4n) is 3.74. The number of nitrogens with zero attached hydrogens (tertiary/aromatic N) is 4. The van der Waals surface area contributed by atoms with Gasteiger partial charge in [0.1, 0.15) is 17.2 Å². The maximum absolute atomic E-state index is 14.3. The fourth-order valence-corrected chi connectivity index (χ4v) is 4.31. The van der Waals surface area contributed by atoms with Gasteiger partial charge in [0.2, 0.25) is 10.0 Å². The molecule has 1 amide bonds. The van der Waals surface area contributed by atoms with Crippen molar-refractivity contribution in [2.45, 2.75) is 6.92 Å². The van der Waals surface area contributed by atoms with Crippen LogP contribution in [0.1, 0.15) is 16.2 Å². The molecule has 1 aromatic heterocycles. The molecule has 0 aliphatic carbocycles. The minimum atomic E-state index is -3.32. The van der Waals surface area contributed by atoms with Gasteiger partial charge in [-0.25, -0.2) is 17.5 Å². The Morgan fingerprint density at radius 3 is 2.31 bits per heavy atom. The first-order valence-corrected chi connectivity index (χ1v) is 12.0. The predicted molar refractivity (Wildman–Crippen MR) is 121 cm³/mol. The van der Waals surface area contributed by atoms with E-state index in [1.807, 2.05) is 12.1 Å². The monoisotopic (exact) mass is 457 g/mol. The quantitative estimate of drug-likeness (QED) is 0.637. The van der Waals surface area contributed by atoms with Gasteiger partial charge in [-0.15, -0.1) is 0 Å². The van der Waals surface area contributed by atoms with Gasteiger partial charge >= 0.3 is 0 Å². The van der Waals surface area contributed by atoms with Crippen molar-refractivity contribution < 1.29 is 17.6 Å². The van der Waals surface area contributed by atoms with Crippen molar-refractivity contribution in [1.82, 2.24) is 14.7 Å². The SMILES string of the molecule is Cc1cc(C(=O)N2CCN(c3ccc(NS(C)(=O)=O)cc3)CC2)n(-c2ccccc2F)n1. The van der Waals surface area contributed by atoms with Gasteiger partial charge in [-0.3, -0.25) is 9.52 Å². The lowest BCUT2D eigenvalue weighted by Crippen LogP contribution is -2.49. The van der Waals surface area contributed by atoms with Crippen molar-refractivity contribution in [3.05, 3.63) is 71.8 Å². The topological polar surface area (TPSA) is 87.5 Å². The highest BCUT2D eigenvalue weighted by Gasteiger charge is 2.26. The average Bonchev–Trinajstić information content (AvgIpc) is 3.14. The van der Waals surface area contributed by atoms with Gasteiger partial charge in [0.05, 0.1) is 11.9 Å². The molecule has 0 spiro atoms. The van der Waals surface area contributed by atoms with Crippen molar-refractivity contribution in [3.8, 4) is 5.69 Å². The Morgan fingerprint density at radius 1 is 1.03 bits per heavy atom. The van der Waals surface area contributed by atoms with Gasteiger partial charge in [0.25, 0.3) is 5.91 Å². The zero-order valence-electron chi connectivity index (χ0n) is 17.8. The van der Waals surface area contributed by atoms with Crippen LogP contribution in [-0.2, 0) is 10.0 Å². The second-order valence-corrected chi connectivity index (χ2v) is 9.48. The van der Waals surface area contributed by atoms with E-state index in [1.165, 1.54) is 10.7 Å². The van der Waals surface area contributed by atoms with E-state index in [2.05, 4.69) is 14.7 Å². The Kier molecular flexibility index (Phi) is 5.88. The van der Waals surface area contributed by atoms with E-state index in [0.717, 1.165) is 11.9 Å². The van der Waals surface area contributed by atoms with Crippen LogP contribution in [0, 0.1) is 12.7 Å². The zero-order chi connectivity index (χ0) is 22.9. The molecule has 10 heteroatoms. The first kappa shape index (κ1) is 21.8. The van der Waals surface area contributed by atoms with Crippen LogP contribution in [0.25, 0.3) is 5.69 Å². The smallest absolute Gasteiger partial charge is 0.272 e. The number of anilines is 2. The third kappa shape index (κ3) is 4.75. The summed E-state index contributed by atoms with van der Waals surface area (Å²) in [5.41, 5.74) is 2.66. The molecule has 168 valence electrons. The number of rotatable bonds is 5. The molecule has 1 fully saturated rings. The molecule has 4 rings (SSSR count). The Morgan fingerprint density at radius 2 is 1.69 bits per heavy atom. The van der Waals surface area contributed by atoms with Crippen molar-refractivity contribution in [3.63, 3.8) is 0 Å². The molecule has 0 bridgehead atoms. The molecule has 3 aromatic rings. The fraction of sp³-hybridized carbons (Fsp3) is 0.273. The predicted octanol–water partition coefficient (Wildman–Crippen LogP) is 2.65. The number of sulfonamides is 1. The maximum Gasteiger partial charge on any atom is 0.272 e. The molecule has 0 unspecified atom stereocenters. The second-order valence-electron chi connectivity index (χ2n) is 7.73. The first-order valence-electron chi connectivity index (χ1n) is 10.1. The summed E-state index contributed by atoms with van der Waals surface area (Å²) < 4.78 is 40.8. The van der Waals surface area contributed by atoms with Crippen LogP contribution >= 0.6 is 0 Å². The van der Waals surface area contributed by atoms with Crippen molar-refractivity contribution in [1.29, 1.82) is 0 Å². The highest BCUT2D eigenvalue weighted by atomic mass is 32.2. The van der Waals surface area contributed by atoms with Crippen LogP contribution in [0.5, 0.6) is 0 Å². The number of para-hydroxylation sites is 1. The minimum Gasteiger partial charge on any atom is -0.368 e. The van der Waals surface area contributed by atoms with E-state index in [1.54, 1.807) is 48.2 Å². The van der Waals surface area contributed by atoms with E-state index in [0.29, 0.717) is 43.3 Å². The van der Waals surface area contributed by atoms with Crippen LogP contribution < -0.4 is 9.62 Å². The van der Waals surface area contributed by atoms with Gasteiger partial charge in [0, 0.05) is 37.6 Å². The number of amides is 1. The summed E-state index contributed by atoms with van der Waals surface area (Å²) >= 11 is 0. The van der Waals surface area contributed by atoms with Crippen LogP contribution in [0.4, 0.5) is 15.8 Å². The van der Waals surface area contributed by atoms with E-state index < -0.39 is 15.8 Å². The number of hydrogen-bond donors (Lipinski definition) is 1. The third-order valence-electron chi connectivity index (χ3n) is 5.23. The molecular weight excluding hydrogens is 433 g/mol. The van der Waals surface area contributed by atoms with Gasteiger partial charge in [0.15, 0.2) is 0 Å². The molecule has 1 saturated heterocycles. The lowest BCUT2D eigenvalue weighted by Gasteiger charge is -2.36. The molecule has 0 atom stereocenters. The number of aryl methyl sites for hydroxylation is 1. The normalized spacial score (nSPS) is 14.5. The highest BCUT2D eigenvalue weighted by Crippen LogP contribution is 2.22. The second kappa shape index (κ2) is 8.62. The number of aromatic nitrogens is 2. The number of carbonyl (C=O) groups excluding carboxylic acids is 1. The summed E-state index contributed by atoms with van der Waals surface area (Å²) in [6, 6.07) is 15.0. The number of nitrogens with one attached hydrogen (secondary N) is 1. The number of halogens is 1. The Bertz CT molecular complexity index is 1230. The summed E-state index contributed by atoms with van der Waals surface area (Å²) in [5.74, 6) is -0.635. The number of piperazine rings is 1. The molecule has 1 aliphatic heterocycles. The van der Waals surface area contributed by atoms with E-state index >= 15 is 0 Å². The number of benzene rings is 2. The van der Waals surface area contributed by atoms with Crippen molar-refractivity contribution in [2.75, 3.05) is 42.1 Å². The highest BCUT2D eigenvalue weighted by molar-refractivity contribution is 7.92. The van der Waals surface area contributed by atoms with E-state index in [9.17, 15) is 17.6 Å². The summed E-state index contributed by atoms with van der Waals surface area (Å²) in [4.78, 5) is 17.1. The molecule has 8 nitrogen and oxygen atoms in total. The van der Waals surface area contributed by atoms with Crippen LogP contribution in [0.15, 0.2) is 54.6 Å². The van der Waals surface area contributed by atoms with Crippen LogP contribution in [0.3, 0.4) is 0 Å². The van der Waals surface area contributed by atoms with Crippen LogP contribution in [0.2, 0.25) is 0 Å². The minimum absolute atomic E-state index is 0.193. The van der Waals surface area contributed by atoms with Gasteiger partial charge in [-0.2, -0.15) is 5.10 Å². The van der Waals surface area contributed by atoms with Gasteiger partial charge < -0.3 is 9.80 Å². The van der Waals surface area contributed by atoms with Crippen molar-refractivity contribution >= 4 is 27.3 Å². The Balaban J connectivity index is 1.45. The molecule has 0 saturated carbocycles. The molecule has 2 aromatic carbocycles. The standard InChI is InChI=1S/C22H24FN5O3S/c1-16-15-21(28(24-16)20-6-4-3-5-19(20)23)22(29)27-13-11-26(12-14-27)18-9-7-17(8-10-18)25-32(2,30)31/h3-10,15,25H,11-14H2,1-2H3. The molecule has 1 N–H and O–H groups in total. The number of carbonyl (C=O) groups is 1. The van der Waals surface area contributed by atoms with Gasteiger partial charge in [-0.1, -0.05) is 12.1 Å². The molecular formula is C22H24FN5O3S. The van der Waals surface area contributed by atoms with Crippen LogP contribution in [-0.4, -0.2) is 61.4 Å². The summed E-state index contributed by atoms with van der Waals surface area (Å²) in [6.45, 7) is 4.02. The first-order chi connectivity index (χ1) is 15.2. The summed E-state index contributed by atoms with van der Waals surface area (Å²) in [5, 5.41) is 4.32. The lowest BCUT2D eigenvalue weighted by molar-refractivity contribution is 0.0737. The summed E-state index contributed by atoms with van der Waals surface area (Å²) in [6.07, 6.45) is 1.11. The largest absolute Gasteiger partial charge is 0.368 e. The lowest BCUT2D eigenvalue weighted by atomic mass is 10.2. The maximum atomic E-state index is 14.3. The zero-order valence-corrected chi connectivity index (χ0v) is 18.6. The van der Waals surface area contributed by atoms with E-state index in [-0.39, 0.29) is 11.6 Å².